The molecule has 0 unspecified atom stereocenters. The highest BCUT2D eigenvalue weighted by Gasteiger charge is 2.30. The zero-order valence-electron chi connectivity index (χ0n) is 12.8. The van der Waals surface area contributed by atoms with Gasteiger partial charge in [0, 0.05) is 0 Å². The number of aryl methyl sites for hydroxylation is 1. The van der Waals surface area contributed by atoms with Crippen LogP contribution in [0.25, 0.3) is 0 Å². The van der Waals surface area contributed by atoms with E-state index in [4.69, 9.17) is 0 Å². The van der Waals surface area contributed by atoms with Crippen LogP contribution in [0.2, 0.25) is 0 Å². The van der Waals surface area contributed by atoms with Crippen molar-refractivity contribution in [2.45, 2.75) is 13.8 Å². The van der Waals surface area contributed by atoms with E-state index in [0.717, 1.165) is 5.56 Å². The lowest BCUT2D eigenvalue weighted by molar-refractivity contribution is -0.112. The zero-order chi connectivity index (χ0) is 16.4. The zero-order valence-corrected chi connectivity index (χ0v) is 12.8. The van der Waals surface area contributed by atoms with Crippen LogP contribution in [0, 0.1) is 6.92 Å². The first kappa shape index (κ1) is 14.8. The molecule has 1 amide bonds. The van der Waals surface area contributed by atoms with Crippen LogP contribution in [0.5, 0.6) is 5.75 Å². The highest BCUT2D eigenvalue weighted by Crippen LogP contribution is 2.21. The highest BCUT2D eigenvalue weighted by molar-refractivity contribution is 6.71. The number of hydrogen-bond donors (Lipinski definition) is 2. The van der Waals surface area contributed by atoms with Crippen LogP contribution in [0.15, 0.2) is 58.7 Å². The van der Waals surface area contributed by atoms with Gasteiger partial charge in [0.1, 0.15) is 5.75 Å². The van der Waals surface area contributed by atoms with E-state index in [9.17, 15) is 9.90 Å². The number of benzene rings is 2. The van der Waals surface area contributed by atoms with Gasteiger partial charge < -0.3 is 5.11 Å². The minimum absolute atomic E-state index is 0.170. The molecule has 0 spiro atoms. The first-order valence-electron chi connectivity index (χ1n) is 7.14. The van der Waals surface area contributed by atoms with E-state index >= 15 is 0 Å². The van der Waals surface area contributed by atoms with E-state index in [1.165, 1.54) is 5.01 Å². The second-order valence-corrected chi connectivity index (χ2v) is 5.26. The number of amides is 1. The first-order valence-corrected chi connectivity index (χ1v) is 7.14. The second kappa shape index (κ2) is 5.92. The molecular weight excluding hydrogens is 292 g/mol. The van der Waals surface area contributed by atoms with Gasteiger partial charge in [-0.2, -0.15) is 15.2 Å². The monoisotopic (exact) mass is 308 g/mol. The third kappa shape index (κ3) is 3.06. The van der Waals surface area contributed by atoms with Crippen LogP contribution in [-0.2, 0) is 4.79 Å². The molecule has 0 aliphatic carbocycles. The lowest BCUT2D eigenvalue weighted by Gasteiger charge is -2.11. The molecule has 0 fully saturated rings. The summed E-state index contributed by atoms with van der Waals surface area (Å²) in [6.07, 6.45) is 0. The van der Waals surface area contributed by atoms with Crippen LogP contribution >= 0.6 is 0 Å². The summed E-state index contributed by atoms with van der Waals surface area (Å²) in [6.45, 7) is 3.70. The summed E-state index contributed by atoms with van der Waals surface area (Å²) >= 11 is 0. The van der Waals surface area contributed by atoms with Gasteiger partial charge in [0.25, 0.3) is 0 Å². The number of anilines is 2. The van der Waals surface area contributed by atoms with Gasteiger partial charge in [-0.3, -0.25) is 10.2 Å². The topological polar surface area (TPSA) is 77.3 Å². The van der Waals surface area contributed by atoms with Crippen molar-refractivity contribution in [1.29, 1.82) is 0 Å². The van der Waals surface area contributed by atoms with Crippen molar-refractivity contribution in [2.75, 3.05) is 10.4 Å². The molecule has 116 valence electrons. The van der Waals surface area contributed by atoms with Crippen LogP contribution in [0.4, 0.5) is 11.4 Å². The normalized spacial score (nSPS) is 15.9. The Kier molecular flexibility index (Phi) is 3.80. The quantitative estimate of drug-likeness (QED) is 0.676. The van der Waals surface area contributed by atoms with E-state index in [0.29, 0.717) is 17.1 Å². The van der Waals surface area contributed by atoms with E-state index < -0.39 is 0 Å². The lowest BCUT2D eigenvalue weighted by Crippen LogP contribution is -2.27. The Morgan fingerprint density at radius 1 is 1.13 bits per heavy atom. The van der Waals surface area contributed by atoms with Crippen LogP contribution in [0.3, 0.4) is 0 Å². The van der Waals surface area contributed by atoms with Crippen LogP contribution in [0.1, 0.15) is 12.5 Å². The Labute approximate surface area is 133 Å². The van der Waals surface area contributed by atoms with Gasteiger partial charge in [-0.05, 0) is 55.8 Å². The fourth-order valence-electron chi connectivity index (χ4n) is 2.22. The predicted octanol–water partition coefficient (Wildman–Crippen LogP) is 2.89. The van der Waals surface area contributed by atoms with Crippen molar-refractivity contribution in [3.63, 3.8) is 0 Å². The van der Waals surface area contributed by atoms with Crippen molar-refractivity contribution >= 4 is 28.7 Å². The van der Waals surface area contributed by atoms with E-state index in [1.54, 1.807) is 31.2 Å². The third-order valence-corrected chi connectivity index (χ3v) is 3.40. The maximum absolute atomic E-state index is 12.5. The molecule has 0 atom stereocenters. The number of aromatic hydroxyl groups is 1. The molecule has 1 aliphatic rings. The minimum Gasteiger partial charge on any atom is -0.508 e. The Morgan fingerprint density at radius 2 is 1.87 bits per heavy atom. The van der Waals surface area contributed by atoms with Gasteiger partial charge >= 0.3 is 5.91 Å². The average molecular weight is 308 g/mol. The molecule has 0 aromatic heterocycles. The first-order chi connectivity index (χ1) is 11.0. The van der Waals surface area contributed by atoms with Gasteiger partial charge in [-0.15, -0.1) is 0 Å². The molecule has 0 radical (unpaired) electrons. The van der Waals surface area contributed by atoms with Gasteiger partial charge in [0.15, 0.2) is 5.71 Å². The number of hydrazone groups is 2. The molecule has 0 saturated heterocycles. The van der Waals surface area contributed by atoms with Gasteiger partial charge in [-0.25, -0.2) is 0 Å². The van der Waals surface area contributed by atoms with Crippen molar-refractivity contribution in [1.82, 2.24) is 0 Å². The van der Waals surface area contributed by atoms with Crippen molar-refractivity contribution in [3.05, 3.63) is 54.1 Å². The Bertz CT molecular complexity index is 810. The lowest BCUT2D eigenvalue weighted by atomic mass is 10.2. The highest BCUT2D eigenvalue weighted by atomic mass is 16.3. The van der Waals surface area contributed by atoms with Gasteiger partial charge in [0.05, 0.1) is 17.1 Å². The Balaban J connectivity index is 1.82. The smallest absolute Gasteiger partial charge is 0.301 e. The number of hydrogen-bond acceptors (Lipinski definition) is 5. The standard InChI is InChI=1S/C17H16N4O2/c1-11-4-3-5-14(10-11)21-17(23)16(12(2)20-21)19-18-13-6-8-15(22)9-7-13/h3-10,18,22H,1-2H3/b19-16-. The SMILES string of the molecule is CC1=NN(c2cccc(C)c2)C(=O)/C1=N\Nc1ccc(O)cc1. The fourth-order valence-corrected chi connectivity index (χ4v) is 2.22. The summed E-state index contributed by atoms with van der Waals surface area (Å²) in [4.78, 5) is 12.5. The maximum Gasteiger partial charge on any atom is 0.301 e. The van der Waals surface area contributed by atoms with E-state index in [1.807, 2.05) is 31.2 Å². The summed E-state index contributed by atoms with van der Waals surface area (Å²) in [6, 6.07) is 14.0. The molecule has 0 saturated carbocycles. The van der Waals surface area contributed by atoms with Crippen LogP contribution < -0.4 is 10.4 Å². The van der Waals surface area contributed by atoms with E-state index in [-0.39, 0.29) is 17.4 Å². The van der Waals surface area contributed by atoms with Gasteiger partial charge in [-0.1, -0.05) is 12.1 Å². The summed E-state index contributed by atoms with van der Waals surface area (Å²) in [5.41, 5.74) is 6.05. The van der Waals surface area contributed by atoms with Crippen molar-refractivity contribution in [2.24, 2.45) is 10.2 Å². The molecule has 2 N–H and O–H groups in total. The number of nitrogens with one attached hydrogen (secondary N) is 1. The van der Waals surface area contributed by atoms with Crippen molar-refractivity contribution < 1.29 is 9.90 Å². The number of phenolic OH excluding ortho intramolecular Hbond substituents is 1. The maximum atomic E-state index is 12.5. The third-order valence-electron chi connectivity index (χ3n) is 3.40. The van der Waals surface area contributed by atoms with Gasteiger partial charge in [0.2, 0.25) is 0 Å². The minimum atomic E-state index is -0.278. The van der Waals surface area contributed by atoms with Crippen LogP contribution in [-0.4, -0.2) is 22.4 Å². The number of carbonyl (C=O) groups is 1. The molecule has 2 aromatic carbocycles. The molecule has 6 heteroatoms. The molecule has 6 nitrogen and oxygen atoms in total. The Hall–Kier alpha value is -3.15. The summed E-state index contributed by atoms with van der Waals surface area (Å²) in [7, 11) is 0. The molecule has 23 heavy (non-hydrogen) atoms. The molecule has 1 aliphatic heterocycles. The number of nitrogens with zero attached hydrogens (tertiary/aromatic N) is 3. The molecule has 1 heterocycles. The molecule has 0 bridgehead atoms. The summed E-state index contributed by atoms with van der Waals surface area (Å²) < 4.78 is 0. The number of carbonyl (C=O) groups excluding carboxylic acids is 1. The number of rotatable bonds is 3. The summed E-state index contributed by atoms with van der Waals surface area (Å²) in [5, 5.41) is 19.0. The molecule has 2 aromatic rings. The largest absolute Gasteiger partial charge is 0.508 e. The molecule has 3 rings (SSSR count). The predicted molar refractivity (Wildman–Crippen MR) is 90.9 cm³/mol. The molecular formula is C17H16N4O2. The Morgan fingerprint density at radius 3 is 2.57 bits per heavy atom. The second-order valence-electron chi connectivity index (χ2n) is 5.26. The number of phenols is 1. The van der Waals surface area contributed by atoms with Crippen molar-refractivity contribution in [3.8, 4) is 5.75 Å². The fraction of sp³-hybridized carbons (Fsp3) is 0.118. The summed E-state index contributed by atoms with van der Waals surface area (Å²) in [5.74, 6) is -0.108. The average Bonchev–Trinajstić information content (AvgIpc) is 2.82. The van der Waals surface area contributed by atoms with E-state index in [2.05, 4.69) is 15.6 Å².